The Hall–Kier alpha value is -1.89. The van der Waals surface area contributed by atoms with E-state index in [1.807, 2.05) is 24.3 Å². The van der Waals surface area contributed by atoms with Crippen LogP contribution in [0.25, 0.3) is 0 Å². The molecular weight excluding hydrogens is 372 g/mol. The first-order chi connectivity index (χ1) is 12.4. The highest BCUT2D eigenvalue weighted by Crippen LogP contribution is 2.14. The fraction of sp³-hybridized carbons (Fsp3) is 0.316. The molecule has 0 saturated heterocycles. The summed E-state index contributed by atoms with van der Waals surface area (Å²) in [4.78, 5) is 12.1. The molecule has 0 radical (unpaired) electrons. The highest BCUT2D eigenvalue weighted by Gasteiger charge is 2.14. The Labute approximate surface area is 159 Å². The lowest BCUT2D eigenvalue weighted by molar-refractivity contribution is -0.116. The maximum atomic E-state index is 12.1. The summed E-state index contributed by atoms with van der Waals surface area (Å²) in [5.41, 5.74) is 1.94. The Morgan fingerprint density at radius 2 is 1.69 bits per heavy atom. The summed E-state index contributed by atoms with van der Waals surface area (Å²) in [7, 11) is -3.65. The average Bonchev–Trinajstić information content (AvgIpc) is 2.61. The maximum absolute atomic E-state index is 12.1. The molecule has 140 valence electrons. The number of hydrogen-bond donors (Lipinski definition) is 2. The van der Waals surface area contributed by atoms with Crippen molar-refractivity contribution in [2.24, 2.45) is 0 Å². The van der Waals surface area contributed by atoms with Crippen molar-refractivity contribution in [3.8, 4) is 0 Å². The van der Waals surface area contributed by atoms with Gasteiger partial charge in [0.1, 0.15) is 0 Å². The molecule has 0 spiro atoms. The highest BCUT2D eigenvalue weighted by atomic mass is 35.5. The van der Waals surface area contributed by atoms with Crippen LogP contribution < -0.4 is 10.0 Å². The van der Waals surface area contributed by atoms with Gasteiger partial charge in [0.05, 0.1) is 4.90 Å². The predicted octanol–water partition coefficient (Wildman–Crippen LogP) is 3.99. The second kappa shape index (κ2) is 9.71. The first-order valence-electron chi connectivity index (χ1n) is 8.55. The first-order valence-corrected chi connectivity index (χ1v) is 10.4. The van der Waals surface area contributed by atoms with Crippen LogP contribution in [0.4, 0.5) is 5.69 Å². The van der Waals surface area contributed by atoms with Gasteiger partial charge >= 0.3 is 0 Å². The number of hydrogen-bond acceptors (Lipinski definition) is 3. The van der Waals surface area contributed by atoms with Crippen LogP contribution in [0, 0.1) is 0 Å². The quantitative estimate of drug-likeness (QED) is 0.675. The van der Waals surface area contributed by atoms with Gasteiger partial charge in [-0.3, -0.25) is 4.79 Å². The normalized spacial score (nSPS) is 11.3. The Bertz CT molecular complexity index is 819. The summed E-state index contributed by atoms with van der Waals surface area (Å²) in [6.07, 6.45) is 3.35. The zero-order valence-electron chi connectivity index (χ0n) is 14.7. The third kappa shape index (κ3) is 6.44. The van der Waals surface area contributed by atoms with Crippen molar-refractivity contribution in [3.05, 3.63) is 59.1 Å². The van der Waals surface area contributed by atoms with E-state index < -0.39 is 10.0 Å². The molecule has 26 heavy (non-hydrogen) atoms. The van der Waals surface area contributed by atoms with Crippen LogP contribution in [0.3, 0.4) is 0 Å². The number of carbonyl (C=O) groups is 1. The number of unbranched alkanes of at least 4 members (excludes halogenated alkanes) is 1. The lowest BCUT2D eigenvalue weighted by Crippen LogP contribution is -2.27. The van der Waals surface area contributed by atoms with Crippen LogP contribution >= 0.6 is 11.6 Å². The zero-order valence-corrected chi connectivity index (χ0v) is 16.2. The first kappa shape index (κ1) is 20.4. The molecule has 0 atom stereocenters. The van der Waals surface area contributed by atoms with E-state index in [0.29, 0.717) is 10.7 Å². The summed E-state index contributed by atoms with van der Waals surface area (Å²) < 4.78 is 26.7. The van der Waals surface area contributed by atoms with Gasteiger partial charge in [-0.15, -0.1) is 0 Å². The number of anilines is 1. The number of halogens is 1. The summed E-state index contributed by atoms with van der Waals surface area (Å²) in [6, 6.07) is 13.6. The lowest BCUT2D eigenvalue weighted by atomic mass is 10.1. The van der Waals surface area contributed by atoms with Gasteiger partial charge in [-0.25, -0.2) is 13.1 Å². The fourth-order valence-electron chi connectivity index (χ4n) is 2.36. The molecule has 0 unspecified atom stereocenters. The number of benzene rings is 2. The van der Waals surface area contributed by atoms with Gasteiger partial charge in [-0.2, -0.15) is 0 Å². The van der Waals surface area contributed by atoms with Gasteiger partial charge in [0.2, 0.25) is 15.9 Å². The number of sulfonamides is 1. The average molecular weight is 395 g/mol. The van der Waals surface area contributed by atoms with E-state index in [0.717, 1.165) is 19.3 Å². The molecular formula is C19H23ClN2O3S. The number of amides is 1. The second-order valence-electron chi connectivity index (χ2n) is 5.95. The molecule has 0 aromatic heterocycles. The van der Waals surface area contributed by atoms with Crippen molar-refractivity contribution in [1.82, 2.24) is 4.72 Å². The fourth-order valence-corrected chi connectivity index (χ4v) is 3.51. The van der Waals surface area contributed by atoms with Crippen molar-refractivity contribution < 1.29 is 13.2 Å². The largest absolute Gasteiger partial charge is 0.326 e. The predicted molar refractivity (Wildman–Crippen MR) is 105 cm³/mol. The van der Waals surface area contributed by atoms with E-state index in [1.54, 1.807) is 0 Å². The minimum absolute atomic E-state index is 0.0192. The molecule has 7 heteroatoms. The molecule has 0 aliphatic heterocycles. The van der Waals surface area contributed by atoms with E-state index >= 15 is 0 Å². The SMILES string of the molecule is CCCCc1ccc(NC(=O)CCNS(=O)(=O)c2ccc(Cl)cc2)cc1. The molecule has 5 nitrogen and oxygen atoms in total. The monoisotopic (exact) mass is 394 g/mol. The van der Waals surface area contributed by atoms with E-state index in [4.69, 9.17) is 11.6 Å². The van der Waals surface area contributed by atoms with Crippen LogP contribution in [0.5, 0.6) is 0 Å². The minimum atomic E-state index is -3.65. The summed E-state index contributed by atoms with van der Waals surface area (Å²) in [5, 5.41) is 3.23. The molecule has 0 bridgehead atoms. The van der Waals surface area contributed by atoms with E-state index in [-0.39, 0.29) is 23.8 Å². The van der Waals surface area contributed by atoms with Crippen LogP contribution in [-0.2, 0) is 21.2 Å². The molecule has 1 amide bonds. The van der Waals surface area contributed by atoms with Gasteiger partial charge < -0.3 is 5.32 Å². The molecule has 2 N–H and O–H groups in total. The third-order valence-corrected chi connectivity index (χ3v) is 5.55. The smallest absolute Gasteiger partial charge is 0.240 e. The number of rotatable bonds is 9. The lowest BCUT2D eigenvalue weighted by Gasteiger charge is -2.08. The Morgan fingerprint density at radius 3 is 2.31 bits per heavy atom. The molecule has 2 rings (SSSR count). The van der Waals surface area contributed by atoms with Crippen molar-refractivity contribution in [2.45, 2.75) is 37.5 Å². The number of nitrogens with one attached hydrogen (secondary N) is 2. The van der Waals surface area contributed by atoms with Gasteiger partial charge in [-0.05, 0) is 54.8 Å². The van der Waals surface area contributed by atoms with Crippen molar-refractivity contribution in [3.63, 3.8) is 0 Å². The van der Waals surface area contributed by atoms with E-state index in [2.05, 4.69) is 17.0 Å². The molecule has 0 heterocycles. The maximum Gasteiger partial charge on any atom is 0.240 e. The Balaban J connectivity index is 1.80. The van der Waals surface area contributed by atoms with Gasteiger partial charge in [0.25, 0.3) is 0 Å². The number of carbonyl (C=O) groups excluding carboxylic acids is 1. The van der Waals surface area contributed by atoms with E-state index in [9.17, 15) is 13.2 Å². The standard InChI is InChI=1S/C19H23ClN2O3S/c1-2-3-4-15-5-9-17(10-6-15)22-19(23)13-14-21-26(24,25)18-11-7-16(20)8-12-18/h5-12,21H,2-4,13-14H2,1H3,(H,22,23). The minimum Gasteiger partial charge on any atom is -0.326 e. The van der Waals surface area contributed by atoms with Crippen molar-refractivity contribution >= 4 is 33.2 Å². The van der Waals surface area contributed by atoms with Crippen LogP contribution in [-0.4, -0.2) is 20.9 Å². The second-order valence-corrected chi connectivity index (χ2v) is 8.15. The topological polar surface area (TPSA) is 75.3 Å². The van der Waals surface area contributed by atoms with Crippen LogP contribution in [0.2, 0.25) is 5.02 Å². The Morgan fingerprint density at radius 1 is 1.04 bits per heavy atom. The van der Waals surface area contributed by atoms with Gasteiger partial charge in [-0.1, -0.05) is 37.1 Å². The number of aryl methyl sites for hydroxylation is 1. The molecule has 0 aliphatic rings. The molecule has 0 fully saturated rings. The summed E-state index contributed by atoms with van der Waals surface area (Å²) in [5.74, 6) is -0.245. The van der Waals surface area contributed by atoms with Crippen molar-refractivity contribution in [1.29, 1.82) is 0 Å². The molecule has 2 aromatic carbocycles. The Kier molecular flexibility index (Phi) is 7.63. The molecule has 0 saturated carbocycles. The third-order valence-electron chi connectivity index (χ3n) is 3.82. The van der Waals surface area contributed by atoms with Gasteiger partial charge in [0.15, 0.2) is 0 Å². The summed E-state index contributed by atoms with van der Waals surface area (Å²) >= 11 is 5.75. The molecule has 0 aliphatic carbocycles. The summed E-state index contributed by atoms with van der Waals surface area (Å²) in [6.45, 7) is 2.17. The van der Waals surface area contributed by atoms with E-state index in [1.165, 1.54) is 29.8 Å². The van der Waals surface area contributed by atoms with Crippen molar-refractivity contribution in [2.75, 3.05) is 11.9 Å². The highest BCUT2D eigenvalue weighted by molar-refractivity contribution is 7.89. The van der Waals surface area contributed by atoms with Gasteiger partial charge in [0, 0.05) is 23.7 Å². The van der Waals surface area contributed by atoms with Crippen LogP contribution in [0.15, 0.2) is 53.4 Å². The zero-order chi connectivity index (χ0) is 19.0. The van der Waals surface area contributed by atoms with Crippen LogP contribution in [0.1, 0.15) is 31.7 Å². The molecule has 2 aromatic rings.